The zero-order valence-corrected chi connectivity index (χ0v) is 15.6. The van der Waals surface area contributed by atoms with E-state index in [4.69, 9.17) is 16.0 Å². The zero-order valence-electron chi connectivity index (χ0n) is 13.3. The van der Waals surface area contributed by atoms with Crippen molar-refractivity contribution in [2.75, 3.05) is 0 Å². The Balaban J connectivity index is 1.66. The standard InChI is InChI=1S/C19H14BrClN2O2/c1-12-2-3-14(10-17(12)21)18-9-8-16(25-18)11-22-23-19(24)13-4-6-15(20)7-5-13/h2-11H,1H3,(H,23,24)/b22-11-. The summed E-state index contributed by atoms with van der Waals surface area (Å²) in [5.41, 5.74) is 4.88. The molecule has 0 spiro atoms. The molecule has 1 N–H and O–H groups in total. The second-order valence-corrected chi connectivity index (χ2v) is 6.69. The molecular formula is C19H14BrClN2O2. The molecule has 1 amide bonds. The molecule has 0 aliphatic heterocycles. The molecule has 2 aromatic carbocycles. The molecule has 0 radical (unpaired) electrons. The first-order valence-corrected chi connectivity index (χ1v) is 8.65. The van der Waals surface area contributed by atoms with Crippen molar-refractivity contribution in [2.45, 2.75) is 6.92 Å². The number of halogens is 2. The molecule has 6 heteroatoms. The number of hydrogen-bond acceptors (Lipinski definition) is 3. The Kier molecular flexibility index (Phi) is 5.36. The lowest BCUT2D eigenvalue weighted by atomic mass is 10.1. The van der Waals surface area contributed by atoms with Crippen LogP contribution in [-0.4, -0.2) is 12.1 Å². The molecule has 1 aromatic heterocycles. The van der Waals surface area contributed by atoms with E-state index >= 15 is 0 Å². The van der Waals surface area contributed by atoms with E-state index in [1.165, 1.54) is 6.21 Å². The highest BCUT2D eigenvalue weighted by Gasteiger charge is 2.06. The molecule has 3 aromatic rings. The van der Waals surface area contributed by atoms with Crippen LogP contribution in [0.3, 0.4) is 0 Å². The summed E-state index contributed by atoms with van der Waals surface area (Å²) in [7, 11) is 0. The summed E-state index contributed by atoms with van der Waals surface area (Å²) < 4.78 is 6.61. The van der Waals surface area contributed by atoms with Gasteiger partial charge in [-0.3, -0.25) is 4.79 Å². The Morgan fingerprint density at radius 2 is 1.92 bits per heavy atom. The summed E-state index contributed by atoms with van der Waals surface area (Å²) in [4.78, 5) is 12.0. The molecule has 3 rings (SSSR count). The summed E-state index contributed by atoms with van der Waals surface area (Å²) in [6.07, 6.45) is 1.45. The number of benzene rings is 2. The van der Waals surface area contributed by atoms with Crippen LogP contribution in [0.25, 0.3) is 11.3 Å². The lowest BCUT2D eigenvalue weighted by molar-refractivity contribution is 0.0955. The van der Waals surface area contributed by atoms with E-state index in [1.54, 1.807) is 30.3 Å². The maximum absolute atomic E-state index is 12.0. The van der Waals surface area contributed by atoms with Crippen LogP contribution in [0.2, 0.25) is 5.02 Å². The minimum atomic E-state index is -0.291. The number of furan rings is 1. The lowest BCUT2D eigenvalue weighted by Crippen LogP contribution is -2.17. The molecule has 0 fully saturated rings. The minimum Gasteiger partial charge on any atom is -0.455 e. The Labute approximate surface area is 158 Å². The Morgan fingerprint density at radius 3 is 2.64 bits per heavy atom. The monoisotopic (exact) mass is 416 g/mol. The Bertz CT molecular complexity index is 933. The zero-order chi connectivity index (χ0) is 17.8. The van der Waals surface area contributed by atoms with Crippen LogP contribution >= 0.6 is 27.5 Å². The average molecular weight is 418 g/mol. The average Bonchev–Trinajstić information content (AvgIpc) is 3.07. The number of aryl methyl sites for hydroxylation is 1. The lowest BCUT2D eigenvalue weighted by Gasteiger charge is -2.01. The maximum atomic E-state index is 12.0. The highest BCUT2D eigenvalue weighted by molar-refractivity contribution is 9.10. The largest absolute Gasteiger partial charge is 0.455 e. The molecule has 0 saturated heterocycles. The summed E-state index contributed by atoms with van der Waals surface area (Å²) >= 11 is 9.46. The van der Waals surface area contributed by atoms with Gasteiger partial charge in [-0.25, -0.2) is 5.43 Å². The normalized spacial score (nSPS) is 11.0. The van der Waals surface area contributed by atoms with E-state index < -0.39 is 0 Å². The second-order valence-electron chi connectivity index (χ2n) is 5.37. The summed E-state index contributed by atoms with van der Waals surface area (Å²) in [5.74, 6) is 0.922. The van der Waals surface area contributed by atoms with Gasteiger partial charge < -0.3 is 4.42 Å². The van der Waals surface area contributed by atoms with Gasteiger partial charge in [0.05, 0.1) is 6.21 Å². The molecule has 1 heterocycles. The SMILES string of the molecule is Cc1ccc(-c2ccc(/C=N\NC(=O)c3ccc(Br)cc3)o2)cc1Cl. The molecule has 0 atom stereocenters. The first-order valence-electron chi connectivity index (χ1n) is 7.48. The first-order chi connectivity index (χ1) is 12.0. The van der Waals surface area contributed by atoms with Crippen LogP contribution in [0.15, 0.2) is 68.6 Å². The maximum Gasteiger partial charge on any atom is 0.271 e. The third-order valence-electron chi connectivity index (χ3n) is 3.55. The van der Waals surface area contributed by atoms with Gasteiger partial charge in [0.15, 0.2) is 0 Å². The molecule has 25 heavy (non-hydrogen) atoms. The fraction of sp³-hybridized carbons (Fsp3) is 0.0526. The number of carbonyl (C=O) groups is 1. The van der Waals surface area contributed by atoms with Crippen LogP contribution in [0, 0.1) is 6.92 Å². The van der Waals surface area contributed by atoms with Crippen molar-refractivity contribution in [3.05, 3.63) is 81.0 Å². The van der Waals surface area contributed by atoms with Crippen LogP contribution in [0.4, 0.5) is 0 Å². The topological polar surface area (TPSA) is 54.6 Å². The third kappa shape index (κ3) is 4.38. The van der Waals surface area contributed by atoms with Gasteiger partial charge in [0.1, 0.15) is 11.5 Å². The van der Waals surface area contributed by atoms with Gasteiger partial charge >= 0.3 is 0 Å². The molecule has 0 bridgehead atoms. The molecular weight excluding hydrogens is 404 g/mol. The quantitative estimate of drug-likeness (QED) is 0.454. The van der Waals surface area contributed by atoms with E-state index in [0.29, 0.717) is 22.1 Å². The van der Waals surface area contributed by atoms with Crippen LogP contribution < -0.4 is 5.43 Å². The first kappa shape index (κ1) is 17.5. The highest BCUT2D eigenvalue weighted by atomic mass is 79.9. The van der Waals surface area contributed by atoms with Crippen molar-refractivity contribution >= 4 is 39.7 Å². The number of hydrazone groups is 1. The fourth-order valence-electron chi connectivity index (χ4n) is 2.14. The molecule has 4 nitrogen and oxygen atoms in total. The number of hydrogen-bond donors (Lipinski definition) is 1. The smallest absolute Gasteiger partial charge is 0.271 e. The summed E-state index contributed by atoms with van der Waals surface area (Å²) in [5, 5.41) is 4.61. The van der Waals surface area contributed by atoms with Gasteiger partial charge in [-0.05, 0) is 55.0 Å². The fourth-order valence-corrected chi connectivity index (χ4v) is 2.59. The van der Waals surface area contributed by atoms with Crippen molar-refractivity contribution in [3.8, 4) is 11.3 Å². The Morgan fingerprint density at radius 1 is 1.16 bits per heavy atom. The van der Waals surface area contributed by atoms with Gasteiger partial charge in [-0.1, -0.05) is 39.7 Å². The highest BCUT2D eigenvalue weighted by Crippen LogP contribution is 2.26. The van der Waals surface area contributed by atoms with Crippen LogP contribution in [-0.2, 0) is 0 Å². The van der Waals surface area contributed by atoms with Crippen LogP contribution in [0.5, 0.6) is 0 Å². The van der Waals surface area contributed by atoms with E-state index in [2.05, 4.69) is 26.5 Å². The molecule has 0 aliphatic carbocycles. The minimum absolute atomic E-state index is 0.291. The van der Waals surface area contributed by atoms with Crippen molar-refractivity contribution < 1.29 is 9.21 Å². The number of carbonyl (C=O) groups excluding carboxylic acids is 1. The van der Waals surface area contributed by atoms with Gasteiger partial charge in [0.25, 0.3) is 5.91 Å². The van der Waals surface area contributed by atoms with Crippen molar-refractivity contribution in [2.24, 2.45) is 5.10 Å². The summed E-state index contributed by atoms with van der Waals surface area (Å²) in [6, 6.07) is 16.3. The predicted octanol–water partition coefficient (Wildman–Crippen LogP) is 5.43. The van der Waals surface area contributed by atoms with E-state index in [9.17, 15) is 4.79 Å². The van der Waals surface area contributed by atoms with Gasteiger partial charge in [0, 0.05) is 20.6 Å². The molecule has 0 saturated carbocycles. The van der Waals surface area contributed by atoms with Gasteiger partial charge in [-0.2, -0.15) is 5.10 Å². The van der Waals surface area contributed by atoms with Gasteiger partial charge in [0.2, 0.25) is 0 Å². The second kappa shape index (κ2) is 7.68. The van der Waals surface area contributed by atoms with Crippen molar-refractivity contribution in [3.63, 3.8) is 0 Å². The summed E-state index contributed by atoms with van der Waals surface area (Å²) in [6.45, 7) is 1.94. The van der Waals surface area contributed by atoms with Crippen molar-refractivity contribution in [1.29, 1.82) is 0 Å². The number of nitrogens with zero attached hydrogens (tertiary/aromatic N) is 1. The van der Waals surface area contributed by atoms with Gasteiger partial charge in [-0.15, -0.1) is 0 Å². The van der Waals surface area contributed by atoms with E-state index in [1.807, 2.05) is 31.2 Å². The van der Waals surface area contributed by atoms with Crippen molar-refractivity contribution in [1.82, 2.24) is 5.43 Å². The molecule has 0 unspecified atom stereocenters. The molecule has 0 aliphatic rings. The molecule has 126 valence electrons. The predicted molar refractivity (Wildman–Crippen MR) is 103 cm³/mol. The number of rotatable bonds is 4. The van der Waals surface area contributed by atoms with Crippen LogP contribution in [0.1, 0.15) is 21.7 Å². The third-order valence-corrected chi connectivity index (χ3v) is 4.48. The van der Waals surface area contributed by atoms with E-state index in [0.717, 1.165) is 15.6 Å². The number of amides is 1. The van der Waals surface area contributed by atoms with E-state index in [-0.39, 0.29) is 5.91 Å². The number of nitrogens with one attached hydrogen (secondary N) is 1. The Hall–Kier alpha value is -2.37.